The third kappa shape index (κ3) is 3.89. The number of nitroso groups, excluding NO2 is 1. The zero-order chi connectivity index (χ0) is 22.1. The Bertz CT molecular complexity index is 1190. The van der Waals surface area contributed by atoms with Gasteiger partial charge in [-0.25, -0.2) is 4.79 Å². The van der Waals surface area contributed by atoms with Crippen LogP contribution in [0.4, 0.5) is 0 Å². The van der Waals surface area contributed by atoms with Gasteiger partial charge < -0.3 is 9.67 Å². The molecule has 1 aliphatic rings. The first-order valence-electron chi connectivity index (χ1n) is 9.75. The molecular weight excluding hydrogens is 439 g/mol. The average Bonchev–Trinajstić information content (AvgIpc) is 3.08. The lowest BCUT2D eigenvalue weighted by Gasteiger charge is -2.16. The number of hydrogen-bond donors (Lipinski definition) is 1. The highest BCUT2D eigenvalue weighted by Crippen LogP contribution is 2.39. The van der Waals surface area contributed by atoms with Crippen molar-refractivity contribution in [2.75, 3.05) is 0 Å². The second kappa shape index (κ2) is 8.65. The molecule has 0 aliphatic heterocycles. The second-order valence-corrected chi connectivity index (χ2v) is 8.23. The fraction of sp³-hybridized carbons (Fsp3) is 0.217. The molecule has 3 aromatic rings. The zero-order valence-electron chi connectivity index (χ0n) is 16.3. The average molecular weight is 457 g/mol. The first kappa shape index (κ1) is 21.3. The van der Waals surface area contributed by atoms with Crippen molar-refractivity contribution in [1.82, 2.24) is 4.57 Å². The van der Waals surface area contributed by atoms with Gasteiger partial charge in [-0.3, -0.25) is 4.79 Å². The van der Waals surface area contributed by atoms with Crippen molar-refractivity contribution < 1.29 is 14.7 Å². The Kier molecular flexibility index (Phi) is 5.94. The number of aromatic nitrogens is 1. The standard InChI is InChI=1S/C23H18Cl2N2O4/c24-15-10-9-13(11-16(15)25)12-27-17-7-4-8-18(28)19(17)20(22(27)23(29)30)21(26-31)14-5-2-1-3-6-14/h1-3,5-6,9-11,21H,4,7-8,12H2,(H,29,30). The number of carbonyl (C=O) groups excluding carboxylic acids is 1. The van der Waals surface area contributed by atoms with E-state index in [9.17, 15) is 19.6 Å². The smallest absolute Gasteiger partial charge is 0.352 e. The van der Waals surface area contributed by atoms with Gasteiger partial charge in [0.2, 0.25) is 0 Å². The van der Waals surface area contributed by atoms with E-state index in [-0.39, 0.29) is 23.6 Å². The molecule has 0 amide bonds. The van der Waals surface area contributed by atoms with E-state index in [1.54, 1.807) is 53.1 Å². The maximum absolute atomic E-state index is 12.9. The number of carbonyl (C=O) groups is 2. The van der Waals surface area contributed by atoms with Crippen LogP contribution in [0.5, 0.6) is 0 Å². The lowest BCUT2D eigenvalue weighted by molar-refractivity contribution is 0.0683. The van der Waals surface area contributed by atoms with E-state index in [1.165, 1.54) is 0 Å². The lowest BCUT2D eigenvalue weighted by Crippen LogP contribution is -2.16. The number of Topliss-reactive ketones (excluding diaryl/α,β-unsaturated/α-hetero) is 1. The number of hydrogen-bond acceptors (Lipinski definition) is 4. The summed E-state index contributed by atoms with van der Waals surface area (Å²) < 4.78 is 1.60. The molecule has 0 radical (unpaired) electrons. The molecular formula is C23H18Cl2N2O4. The Hall–Kier alpha value is -2.96. The van der Waals surface area contributed by atoms with Crippen molar-refractivity contribution in [3.8, 4) is 0 Å². The maximum Gasteiger partial charge on any atom is 0.352 e. The number of carboxylic acid groups (broad SMARTS) is 1. The Morgan fingerprint density at radius 3 is 2.48 bits per heavy atom. The topological polar surface area (TPSA) is 88.7 Å². The summed E-state index contributed by atoms with van der Waals surface area (Å²) in [5.74, 6) is -1.39. The summed E-state index contributed by atoms with van der Waals surface area (Å²) in [4.78, 5) is 37.2. The van der Waals surface area contributed by atoms with Gasteiger partial charge in [0, 0.05) is 29.8 Å². The van der Waals surface area contributed by atoms with Gasteiger partial charge in [-0.05, 0) is 36.1 Å². The van der Waals surface area contributed by atoms with Crippen molar-refractivity contribution in [3.05, 3.63) is 97.1 Å². The van der Waals surface area contributed by atoms with Crippen molar-refractivity contribution in [2.45, 2.75) is 31.8 Å². The highest BCUT2D eigenvalue weighted by atomic mass is 35.5. The van der Waals surface area contributed by atoms with Gasteiger partial charge in [0.15, 0.2) is 5.78 Å². The zero-order valence-corrected chi connectivity index (χ0v) is 17.9. The van der Waals surface area contributed by atoms with Crippen molar-refractivity contribution in [3.63, 3.8) is 0 Å². The summed E-state index contributed by atoms with van der Waals surface area (Å²) in [5.41, 5.74) is 2.24. The van der Waals surface area contributed by atoms with E-state index in [0.29, 0.717) is 46.1 Å². The highest BCUT2D eigenvalue weighted by Gasteiger charge is 2.37. The van der Waals surface area contributed by atoms with Crippen molar-refractivity contribution in [2.24, 2.45) is 5.18 Å². The van der Waals surface area contributed by atoms with Gasteiger partial charge >= 0.3 is 5.97 Å². The third-order valence-corrected chi connectivity index (χ3v) is 6.27. The molecule has 0 saturated carbocycles. The number of benzene rings is 2. The van der Waals surface area contributed by atoms with Gasteiger partial charge in [-0.1, -0.05) is 64.8 Å². The Morgan fingerprint density at radius 1 is 1.10 bits per heavy atom. The van der Waals surface area contributed by atoms with Crippen LogP contribution in [0.25, 0.3) is 0 Å². The Morgan fingerprint density at radius 2 is 1.84 bits per heavy atom. The predicted octanol–water partition coefficient (Wildman–Crippen LogP) is 5.92. The minimum Gasteiger partial charge on any atom is -0.477 e. The molecule has 8 heteroatoms. The van der Waals surface area contributed by atoms with Crippen LogP contribution in [0.15, 0.2) is 53.7 Å². The fourth-order valence-electron chi connectivity index (χ4n) is 4.21. The van der Waals surface area contributed by atoms with E-state index in [1.807, 2.05) is 0 Å². The van der Waals surface area contributed by atoms with Crippen LogP contribution in [-0.2, 0) is 13.0 Å². The maximum atomic E-state index is 12.9. The molecule has 6 nitrogen and oxygen atoms in total. The Labute approximate surface area is 188 Å². The molecule has 4 rings (SSSR count). The number of ketones is 1. The van der Waals surface area contributed by atoms with Gasteiger partial charge in [-0.2, -0.15) is 0 Å². The normalized spacial score (nSPS) is 14.2. The molecule has 0 fully saturated rings. The summed E-state index contributed by atoms with van der Waals surface area (Å²) in [7, 11) is 0. The van der Waals surface area contributed by atoms with Crippen molar-refractivity contribution in [1.29, 1.82) is 0 Å². The van der Waals surface area contributed by atoms with Crippen molar-refractivity contribution >= 4 is 35.0 Å². The lowest BCUT2D eigenvalue weighted by atomic mass is 9.88. The molecule has 0 bridgehead atoms. The fourth-order valence-corrected chi connectivity index (χ4v) is 4.53. The third-order valence-electron chi connectivity index (χ3n) is 5.53. The van der Waals surface area contributed by atoms with E-state index in [2.05, 4.69) is 5.18 Å². The largest absolute Gasteiger partial charge is 0.477 e. The molecule has 1 atom stereocenters. The van der Waals surface area contributed by atoms with Crippen LogP contribution in [0.1, 0.15) is 62.1 Å². The summed E-state index contributed by atoms with van der Waals surface area (Å²) >= 11 is 12.1. The SMILES string of the molecule is O=NC(c1ccccc1)c1c2c(n(Cc3ccc(Cl)c(Cl)c3)c1C(=O)O)CCCC2=O. The molecule has 1 aliphatic carbocycles. The minimum absolute atomic E-state index is 0.0974. The number of carboxylic acids is 1. The van der Waals surface area contributed by atoms with Crippen LogP contribution in [-0.4, -0.2) is 21.4 Å². The first-order valence-corrected chi connectivity index (χ1v) is 10.5. The molecule has 158 valence electrons. The van der Waals surface area contributed by atoms with Crippen LogP contribution >= 0.6 is 23.2 Å². The number of rotatable bonds is 6. The molecule has 1 heterocycles. The summed E-state index contributed by atoms with van der Waals surface area (Å²) in [6, 6.07) is 12.6. The van der Waals surface area contributed by atoms with E-state index in [0.717, 1.165) is 5.56 Å². The van der Waals surface area contributed by atoms with Crippen LogP contribution < -0.4 is 0 Å². The van der Waals surface area contributed by atoms with E-state index >= 15 is 0 Å². The summed E-state index contributed by atoms with van der Waals surface area (Å²) in [6.45, 7) is 0.175. The molecule has 31 heavy (non-hydrogen) atoms. The number of halogens is 2. The quantitative estimate of drug-likeness (QED) is 0.466. The van der Waals surface area contributed by atoms with Crippen LogP contribution in [0.3, 0.4) is 0 Å². The number of nitrogens with zero attached hydrogens (tertiary/aromatic N) is 2. The van der Waals surface area contributed by atoms with Gasteiger partial charge in [-0.15, -0.1) is 4.91 Å². The van der Waals surface area contributed by atoms with E-state index in [4.69, 9.17) is 23.2 Å². The predicted molar refractivity (Wildman–Crippen MR) is 118 cm³/mol. The summed E-state index contributed by atoms with van der Waals surface area (Å²) in [6.07, 6.45) is 1.44. The molecule has 1 unspecified atom stereocenters. The van der Waals surface area contributed by atoms with Crippen LogP contribution in [0.2, 0.25) is 10.0 Å². The monoisotopic (exact) mass is 456 g/mol. The Balaban J connectivity index is 1.96. The highest BCUT2D eigenvalue weighted by molar-refractivity contribution is 6.42. The minimum atomic E-state index is -1.22. The number of fused-ring (bicyclic) bond motifs is 1. The first-order chi connectivity index (χ1) is 14.9. The van der Waals surface area contributed by atoms with Gasteiger partial charge in [0.05, 0.1) is 10.0 Å². The summed E-state index contributed by atoms with van der Waals surface area (Å²) in [5, 5.41) is 14.1. The molecule has 1 N–H and O–H groups in total. The van der Waals surface area contributed by atoms with Gasteiger partial charge in [0.25, 0.3) is 0 Å². The van der Waals surface area contributed by atoms with E-state index < -0.39 is 12.0 Å². The molecule has 1 aromatic heterocycles. The molecule has 0 saturated heterocycles. The molecule has 2 aromatic carbocycles. The van der Waals surface area contributed by atoms with Gasteiger partial charge in [0.1, 0.15) is 11.7 Å². The molecule has 0 spiro atoms. The van der Waals surface area contributed by atoms with Crippen LogP contribution in [0, 0.1) is 4.91 Å². The second-order valence-electron chi connectivity index (χ2n) is 7.42. The number of aromatic carboxylic acids is 1.